The van der Waals surface area contributed by atoms with Crippen molar-refractivity contribution >= 4 is 31.6 Å². The number of benzene rings is 1. The molecule has 0 unspecified atom stereocenters. The number of nitro benzene ring substituents is 1. The van der Waals surface area contributed by atoms with Gasteiger partial charge in [-0.3, -0.25) is 10.1 Å². The summed E-state index contributed by atoms with van der Waals surface area (Å²) in [5.41, 5.74) is -1.16. The highest BCUT2D eigenvalue weighted by atomic mass is 79.9. The predicted molar refractivity (Wildman–Crippen MR) is 52.1 cm³/mol. The lowest BCUT2D eigenvalue weighted by Crippen LogP contribution is -2.15. The van der Waals surface area contributed by atoms with Crippen molar-refractivity contribution < 1.29 is 17.7 Å². The number of hydrogen-bond donors (Lipinski definition) is 1. The number of nitro groups is 1. The van der Waals surface area contributed by atoms with Crippen LogP contribution in [0.2, 0.25) is 0 Å². The lowest BCUT2D eigenvalue weighted by Gasteiger charge is -2.03. The number of hydrogen-bond acceptors (Lipinski definition) is 4. The number of nitrogens with zero attached hydrogens (tertiary/aromatic N) is 1. The van der Waals surface area contributed by atoms with E-state index < -0.39 is 31.3 Å². The molecule has 0 aliphatic rings. The molecule has 0 fully saturated rings. The van der Waals surface area contributed by atoms with Crippen LogP contribution in [0.1, 0.15) is 0 Å². The average molecular weight is 299 g/mol. The van der Waals surface area contributed by atoms with Gasteiger partial charge in [-0.1, -0.05) is 0 Å². The van der Waals surface area contributed by atoms with Crippen LogP contribution in [0.25, 0.3) is 0 Å². The monoisotopic (exact) mass is 298 g/mol. The largest absolute Gasteiger partial charge is 0.325 e. The van der Waals surface area contributed by atoms with Gasteiger partial charge in [0.05, 0.1) is 4.92 Å². The van der Waals surface area contributed by atoms with Gasteiger partial charge in [-0.2, -0.15) is 4.39 Å². The van der Waals surface area contributed by atoms with Gasteiger partial charge in [-0.05, 0) is 28.1 Å². The number of rotatable bonds is 2. The van der Waals surface area contributed by atoms with Crippen LogP contribution in [0.3, 0.4) is 0 Å². The van der Waals surface area contributed by atoms with Gasteiger partial charge < -0.3 is 0 Å². The van der Waals surface area contributed by atoms with Gasteiger partial charge in [-0.15, -0.1) is 0 Å². The van der Waals surface area contributed by atoms with E-state index in [0.717, 1.165) is 12.1 Å². The Morgan fingerprint density at radius 1 is 1.47 bits per heavy atom. The minimum atomic E-state index is -4.36. The molecular weight excluding hydrogens is 295 g/mol. The fourth-order valence-corrected chi connectivity index (χ4v) is 2.74. The Bertz CT molecular complexity index is 530. The molecule has 0 spiro atoms. The predicted octanol–water partition coefficient (Wildman–Crippen LogP) is 1.14. The molecule has 6 nitrogen and oxygen atoms in total. The Hall–Kier alpha value is -1.06. The molecule has 1 rings (SSSR count). The zero-order valence-corrected chi connectivity index (χ0v) is 9.38. The molecule has 0 atom stereocenters. The summed E-state index contributed by atoms with van der Waals surface area (Å²) in [5, 5.41) is 15.2. The Labute approximate surface area is 92.2 Å². The second kappa shape index (κ2) is 3.83. The summed E-state index contributed by atoms with van der Waals surface area (Å²) in [7, 11) is -4.36. The summed E-state index contributed by atoms with van der Waals surface area (Å²) in [6, 6.07) is 1.80. The third-order valence-corrected chi connectivity index (χ3v) is 3.41. The third kappa shape index (κ3) is 2.30. The van der Waals surface area contributed by atoms with Gasteiger partial charge >= 0.3 is 5.69 Å². The van der Waals surface area contributed by atoms with Gasteiger partial charge in [0.15, 0.2) is 4.90 Å². The lowest BCUT2D eigenvalue weighted by atomic mass is 10.3. The number of sulfonamides is 1. The highest BCUT2D eigenvalue weighted by Gasteiger charge is 2.30. The fourth-order valence-electron chi connectivity index (χ4n) is 0.963. The van der Waals surface area contributed by atoms with Gasteiger partial charge in [-0.25, -0.2) is 13.6 Å². The van der Waals surface area contributed by atoms with Crippen molar-refractivity contribution in [1.82, 2.24) is 0 Å². The molecule has 1 aromatic carbocycles. The van der Waals surface area contributed by atoms with Crippen LogP contribution in [0, 0.1) is 15.9 Å². The molecule has 1 aromatic rings. The molecule has 0 radical (unpaired) electrons. The van der Waals surface area contributed by atoms with Gasteiger partial charge in [0.2, 0.25) is 15.8 Å². The van der Waals surface area contributed by atoms with Crippen molar-refractivity contribution in [3.8, 4) is 0 Å². The van der Waals surface area contributed by atoms with Crippen molar-refractivity contribution in [3.05, 3.63) is 32.5 Å². The first-order valence-electron chi connectivity index (χ1n) is 3.40. The van der Waals surface area contributed by atoms with Gasteiger partial charge in [0, 0.05) is 4.47 Å². The second-order valence-corrected chi connectivity index (χ2v) is 4.86. The minimum absolute atomic E-state index is 0.155. The SMILES string of the molecule is NS(=O)(=O)c1c(Br)ccc(F)c1[N+](=O)[O-]. The Morgan fingerprint density at radius 3 is 2.33 bits per heavy atom. The van der Waals surface area contributed by atoms with E-state index in [1.807, 2.05) is 0 Å². The second-order valence-electron chi connectivity index (χ2n) is 2.51. The maximum Gasteiger partial charge on any atom is 0.325 e. The molecule has 0 saturated heterocycles. The zero-order valence-electron chi connectivity index (χ0n) is 6.98. The summed E-state index contributed by atoms with van der Waals surface area (Å²) in [5.74, 6) is -1.26. The van der Waals surface area contributed by atoms with Crippen molar-refractivity contribution in [2.45, 2.75) is 4.90 Å². The van der Waals surface area contributed by atoms with Crippen LogP contribution in [-0.2, 0) is 10.0 Å². The molecule has 15 heavy (non-hydrogen) atoms. The lowest BCUT2D eigenvalue weighted by molar-refractivity contribution is -0.390. The maximum atomic E-state index is 13.0. The molecule has 0 aromatic heterocycles. The van der Waals surface area contributed by atoms with Crippen molar-refractivity contribution in [2.75, 3.05) is 0 Å². The fraction of sp³-hybridized carbons (Fsp3) is 0. The van der Waals surface area contributed by atoms with Crippen molar-refractivity contribution in [1.29, 1.82) is 0 Å². The molecule has 0 amide bonds. The summed E-state index contributed by atoms with van der Waals surface area (Å²) in [6.07, 6.45) is 0. The molecule has 0 aliphatic carbocycles. The van der Waals surface area contributed by atoms with E-state index in [4.69, 9.17) is 5.14 Å². The number of nitrogens with two attached hydrogens (primary N) is 1. The normalized spacial score (nSPS) is 11.4. The van der Waals surface area contributed by atoms with E-state index in [2.05, 4.69) is 15.9 Å². The Balaban J connectivity index is 3.76. The number of primary sulfonamides is 1. The zero-order chi connectivity index (χ0) is 11.8. The summed E-state index contributed by atoms with van der Waals surface area (Å²) >= 11 is 2.76. The summed E-state index contributed by atoms with van der Waals surface area (Å²) in [4.78, 5) is 8.46. The van der Waals surface area contributed by atoms with E-state index in [1.54, 1.807) is 0 Å². The van der Waals surface area contributed by atoms with E-state index in [-0.39, 0.29) is 4.47 Å². The smallest absolute Gasteiger partial charge is 0.258 e. The molecule has 0 heterocycles. The van der Waals surface area contributed by atoms with Crippen LogP contribution in [0.4, 0.5) is 10.1 Å². The third-order valence-electron chi connectivity index (χ3n) is 1.50. The topological polar surface area (TPSA) is 103 Å². The van der Waals surface area contributed by atoms with E-state index in [1.165, 1.54) is 0 Å². The first-order chi connectivity index (χ1) is 6.75. The average Bonchev–Trinajstić information content (AvgIpc) is 2.05. The van der Waals surface area contributed by atoms with Crippen LogP contribution >= 0.6 is 15.9 Å². The molecule has 9 heteroatoms. The van der Waals surface area contributed by atoms with E-state index >= 15 is 0 Å². The molecule has 0 bridgehead atoms. The molecular formula is C6H4BrFN2O4S. The maximum absolute atomic E-state index is 13.0. The first kappa shape index (κ1) is 12.0. The van der Waals surface area contributed by atoms with Crippen molar-refractivity contribution in [3.63, 3.8) is 0 Å². The van der Waals surface area contributed by atoms with E-state index in [0.29, 0.717) is 0 Å². The first-order valence-corrected chi connectivity index (χ1v) is 5.74. The standard InChI is InChI=1S/C6H4BrFN2O4S/c7-3-1-2-4(8)5(10(11)12)6(3)15(9,13)14/h1-2H,(H2,9,13,14). The van der Waals surface area contributed by atoms with Crippen LogP contribution in [-0.4, -0.2) is 13.3 Å². The molecule has 82 valence electrons. The van der Waals surface area contributed by atoms with Crippen LogP contribution in [0.5, 0.6) is 0 Å². The molecule has 0 aliphatic heterocycles. The minimum Gasteiger partial charge on any atom is -0.258 e. The Morgan fingerprint density at radius 2 is 2.00 bits per heavy atom. The molecule has 0 saturated carbocycles. The van der Waals surface area contributed by atoms with E-state index in [9.17, 15) is 22.9 Å². The highest BCUT2D eigenvalue weighted by molar-refractivity contribution is 9.10. The summed E-state index contributed by atoms with van der Waals surface area (Å²) < 4.78 is 34.9. The van der Waals surface area contributed by atoms with Crippen LogP contribution < -0.4 is 5.14 Å². The van der Waals surface area contributed by atoms with Gasteiger partial charge in [0.1, 0.15) is 0 Å². The Kier molecular flexibility index (Phi) is 3.07. The molecule has 2 N–H and O–H groups in total. The summed E-state index contributed by atoms with van der Waals surface area (Å²) in [6.45, 7) is 0. The van der Waals surface area contributed by atoms with Crippen LogP contribution in [0.15, 0.2) is 21.5 Å². The van der Waals surface area contributed by atoms with Crippen molar-refractivity contribution in [2.24, 2.45) is 5.14 Å². The number of halogens is 2. The highest BCUT2D eigenvalue weighted by Crippen LogP contribution is 2.32. The quantitative estimate of drug-likeness (QED) is 0.653. The van der Waals surface area contributed by atoms with Gasteiger partial charge in [0.25, 0.3) is 0 Å².